The summed E-state index contributed by atoms with van der Waals surface area (Å²) in [5.41, 5.74) is 2.75. The standard InChI is InChI=1S/C20H23FN2O/c1-23(2)11-3-10-20(17-5-7-18(21)8-6-17)19-9-4-15(13-22)12-16(19)14-24-20/h5-9,12,15H,3-4,10-11,14H2,1-2H3. The van der Waals surface area contributed by atoms with E-state index in [1.165, 1.54) is 17.7 Å². The number of nitrogens with zero attached hydrogens (tertiary/aromatic N) is 2. The van der Waals surface area contributed by atoms with Gasteiger partial charge in [-0.05, 0) is 68.7 Å². The van der Waals surface area contributed by atoms with E-state index < -0.39 is 5.60 Å². The zero-order valence-corrected chi connectivity index (χ0v) is 14.3. The molecule has 126 valence electrons. The second-order valence-corrected chi connectivity index (χ2v) is 6.81. The van der Waals surface area contributed by atoms with Crippen LogP contribution in [0.15, 0.2) is 47.6 Å². The van der Waals surface area contributed by atoms with Crippen LogP contribution in [0, 0.1) is 23.1 Å². The lowest BCUT2D eigenvalue weighted by molar-refractivity contribution is 0.0134. The van der Waals surface area contributed by atoms with E-state index in [0.29, 0.717) is 6.61 Å². The van der Waals surface area contributed by atoms with Crippen LogP contribution >= 0.6 is 0 Å². The Morgan fingerprint density at radius 3 is 2.75 bits per heavy atom. The van der Waals surface area contributed by atoms with Crippen LogP contribution in [0.2, 0.25) is 0 Å². The van der Waals surface area contributed by atoms with Crippen molar-refractivity contribution < 1.29 is 9.13 Å². The Bertz CT molecular complexity index is 699. The van der Waals surface area contributed by atoms with Crippen molar-refractivity contribution in [3.8, 4) is 6.07 Å². The van der Waals surface area contributed by atoms with E-state index in [1.54, 1.807) is 0 Å². The number of hydrogen-bond acceptors (Lipinski definition) is 3. The first-order valence-electron chi connectivity index (χ1n) is 8.41. The Labute approximate surface area is 143 Å². The third kappa shape index (κ3) is 3.15. The second-order valence-electron chi connectivity index (χ2n) is 6.81. The molecule has 1 saturated heterocycles. The van der Waals surface area contributed by atoms with Crippen molar-refractivity contribution in [3.05, 3.63) is 58.9 Å². The normalized spacial score (nSPS) is 25.9. The molecule has 0 bridgehead atoms. The first-order valence-corrected chi connectivity index (χ1v) is 8.41. The van der Waals surface area contributed by atoms with Gasteiger partial charge in [-0.1, -0.05) is 24.3 Å². The lowest BCUT2D eigenvalue weighted by Gasteiger charge is -2.32. The van der Waals surface area contributed by atoms with Crippen molar-refractivity contribution >= 4 is 0 Å². The SMILES string of the molecule is CN(C)CCCC1(c2ccc(F)cc2)OCC2=CC(C#N)CC=C21. The summed E-state index contributed by atoms with van der Waals surface area (Å²) < 4.78 is 19.7. The van der Waals surface area contributed by atoms with Crippen LogP contribution < -0.4 is 0 Å². The lowest BCUT2D eigenvalue weighted by Crippen LogP contribution is -2.29. The van der Waals surface area contributed by atoms with Crippen molar-refractivity contribution in [2.45, 2.75) is 24.9 Å². The molecule has 0 saturated carbocycles. The Morgan fingerprint density at radius 1 is 1.33 bits per heavy atom. The van der Waals surface area contributed by atoms with Crippen LogP contribution in [0.1, 0.15) is 24.8 Å². The van der Waals surface area contributed by atoms with Crippen LogP contribution in [-0.2, 0) is 10.3 Å². The molecule has 0 radical (unpaired) electrons. The smallest absolute Gasteiger partial charge is 0.123 e. The summed E-state index contributed by atoms with van der Waals surface area (Å²) in [4.78, 5) is 2.16. The fourth-order valence-corrected chi connectivity index (χ4v) is 3.65. The number of nitriles is 1. The zero-order chi connectivity index (χ0) is 17.2. The number of fused-ring (bicyclic) bond motifs is 1. The Morgan fingerprint density at radius 2 is 2.08 bits per heavy atom. The molecule has 3 nitrogen and oxygen atoms in total. The third-order valence-corrected chi connectivity index (χ3v) is 4.84. The highest BCUT2D eigenvalue weighted by atomic mass is 19.1. The van der Waals surface area contributed by atoms with Crippen molar-refractivity contribution in [1.29, 1.82) is 5.26 Å². The molecule has 0 spiro atoms. The number of benzene rings is 1. The molecule has 1 aliphatic heterocycles. The van der Waals surface area contributed by atoms with E-state index in [9.17, 15) is 9.65 Å². The summed E-state index contributed by atoms with van der Waals surface area (Å²) in [5, 5.41) is 9.18. The quantitative estimate of drug-likeness (QED) is 0.826. The Balaban J connectivity index is 1.95. The number of ether oxygens (including phenoxy) is 1. The van der Waals surface area contributed by atoms with Gasteiger partial charge in [0.15, 0.2) is 0 Å². The highest BCUT2D eigenvalue weighted by molar-refractivity contribution is 5.50. The van der Waals surface area contributed by atoms with E-state index >= 15 is 0 Å². The number of rotatable bonds is 5. The van der Waals surface area contributed by atoms with Crippen LogP contribution in [0.5, 0.6) is 0 Å². The molecule has 1 heterocycles. The minimum absolute atomic E-state index is 0.0712. The van der Waals surface area contributed by atoms with Crippen LogP contribution in [0.4, 0.5) is 4.39 Å². The largest absolute Gasteiger partial charge is 0.361 e. The van der Waals surface area contributed by atoms with Gasteiger partial charge >= 0.3 is 0 Å². The average molecular weight is 326 g/mol. The molecule has 1 fully saturated rings. The highest BCUT2D eigenvalue weighted by Gasteiger charge is 2.44. The number of halogens is 1. The molecule has 0 amide bonds. The molecule has 2 unspecified atom stereocenters. The fraction of sp³-hybridized carbons (Fsp3) is 0.450. The molecular weight excluding hydrogens is 303 g/mol. The first kappa shape index (κ1) is 16.9. The third-order valence-electron chi connectivity index (χ3n) is 4.84. The molecule has 1 aromatic carbocycles. The van der Waals surface area contributed by atoms with Gasteiger partial charge in [0.05, 0.1) is 18.6 Å². The Hall–Kier alpha value is -1.96. The predicted molar refractivity (Wildman–Crippen MR) is 91.7 cm³/mol. The zero-order valence-electron chi connectivity index (χ0n) is 14.3. The number of hydrogen-bond donors (Lipinski definition) is 0. The molecule has 0 N–H and O–H groups in total. The minimum atomic E-state index is -0.518. The summed E-state index contributed by atoms with van der Waals surface area (Å²) >= 11 is 0. The molecule has 0 aromatic heterocycles. The fourth-order valence-electron chi connectivity index (χ4n) is 3.65. The molecular formula is C20H23FN2O. The predicted octanol–water partition coefficient (Wildman–Crippen LogP) is 3.79. The van der Waals surface area contributed by atoms with E-state index in [1.807, 2.05) is 18.2 Å². The maximum absolute atomic E-state index is 13.4. The van der Waals surface area contributed by atoms with Crippen LogP contribution in [0.3, 0.4) is 0 Å². The topological polar surface area (TPSA) is 36.3 Å². The van der Waals surface area contributed by atoms with Crippen molar-refractivity contribution in [2.24, 2.45) is 5.92 Å². The van der Waals surface area contributed by atoms with Crippen molar-refractivity contribution in [2.75, 3.05) is 27.2 Å². The molecule has 1 aliphatic carbocycles. The van der Waals surface area contributed by atoms with Crippen LogP contribution in [0.25, 0.3) is 0 Å². The maximum atomic E-state index is 13.4. The van der Waals surface area contributed by atoms with Gasteiger partial charge in [-0.3, -0.25) is 0 Å². The molecule has 1 aromatic rings. The van der Waals surface area contributed by atoms with Crippen LogP contribution in [-0.4, -0.2) is 32.1 Å². The number of allylic oxidation sites excluding steroid dienone is 2. The summed E-state index contributed by atoms with van der Waals surface area (Å²) in [5.74, 6) is -0.309. The van der Waals surface area contributed by atoms with Gasteiger partial charge < -0.3 is 9.64 Å². The molecule has 24 heavy (non-hydrogen) atoms. The molecule has 2 aliphatic rings. The monoisotopic (exact) mass is 326 g/mol. The molecule has 2 atom stereocenters. The van der Waals surface area contributed by atoms with E-state index in [4.69, 9.17) is 4.74 Å². The minimum Gasteiger partial charge on any atom is -0.361 e. The van der Waals surface area contributed by atoms with Gasteiger partial charge in [0.25, 0.3) is 0 Å². The van der Waals surface area contributed by atoms with E-state index in [0.717, 1.165) is 36.9 Å². The average Bonchev–Trinajstić information content (AvgIpc) is 2.94. The van der Waals surface area contributed by atoms with Gasteiger partial charge in [-0.2, -0.15) is 5.26 Å². The molecule has 3 rings (SSSR count). The summed E-state index contributed by atoms with van der Waals surface area (Å²) in [7, 11) is 4.12. The van der Waals surface area contributed by atoms with Gasteiger partial charge in [0.2, 0.25) is 0 Å². The molecule has 4 heteroatoms. The van der Waals surface area contributed by atoms with Gasteiger partial charge in [0.1, 0.15) is 11.4 Å². The summed E-state index contributed by atoms with van der Waals surface area (Å²) in [6.07, 6.45) is 6.73. The van der Waals surface area contributed by atoms with E-state index in [-0.39, 0.29) is 11.7 Å². The summed E-state index contributed by atoms with van der Waals surface area (Å²) in [6, 6.07) is 8.96. The lowest BCUT2D eigenvalue weighted by atomic mass is 9.77. The van der Waals surface area contributed by atoms with Gasteiger partial charge in [-0.15, -0.1) is 0 Å². The second kappa shape index (κ2) is 6.88. The first-order chi connectivity index (χ1) is 11.5. The van der Waals surface area contributed by atoms with Gasteiger partial charge in [0, 0.05) is 0 Å². The Kier molecular flexibility index (Phi) is 4.84. The highest BCUT2D eigenvalue weighted by Crippen LogP contribution is 2.49. The van der Waals surface area contributed by atoms with Crippen molar-refractivity contribution in [3.63, 3.8) is 0 Å². The maximum Gasteiger partial charge on any atom is 0.123 e. The summed E-state index contributed by atoms with van der Waals surface area (Å²) in [6.45, 7) is 1.49. The van der Waals surface area contributed by atoms with Crippen molar-refractivity contribution in [1.82, 2.24) is 4.90 Å². The van der Waals surface area contributed by atoms with Gasteiger partial charge in [-0.25, -0.2) is 4.39 Å². The van der Waals surface area contributed by atoms with E-state index in [2.05, 4.69) is 31.1 Å².